The second-order valence-corrected chi connectivity index (χ2v) is 5.18. The molecular formula is C17H20FN3O2. The Morgan fingerprint density at radius 3 is 2.87 bits per heavy atom. The molecule has 3 N–H and O–H groups in total. The number of nitrogens with two attached hydrogens (primary N) is 1. The lowest BCUT2D eigenvalue weighted by Gasteiger charge is -2.11. The van der Waals surface area contributed by atoms with Crippen molar-refractivity contribution in [1.82, 2.24) is 10.3 Å². The van der Waals surface area contributed by atoms with Gasteiger partial charge in [-0.2, -0.15) is 0 Å². The molecule has 1 aromatic heterocycles. The molecule has 0 aliphatic heterocycles. The fourth-order valence-corrected chi connectivity index (χ4v) is 1.99. The van der Waals surface area contributed by atoms with Crippen molar-refractivity contribution in [2.45, 2.75) is 32.4 Å². The summed E-state index contributed by atoms with van der Waals surface area (Å²) in [5.41, 5.74) is 6.56. The molecule has 0 saturated carbocycles. The third-order valence-electron chi connectivity index (χ3n) is 3.22. The Hall–Kier alpha value is -2.47. The molecule has 6 heteroatoms. The van der Waals surface area contributed by atoms with E-state index in [0.29, 0.717) is 24.6 Å². The first-order valence-corrected chi connectivity index (χ1v) is 7.50. The van der Waals surface area contributed by atoms with E-state index in [4.69, 9.17) is 10.5 Å². The Morgan fingerprint density at radius 1 is 1.39 bits per heavy atom. The average Bonchev–Trinajstić information content (AvgIpc) is 2.54. The molecule has 122 valence electrons. The van der Waals surface area contributed by atoms with Crippen molar-refractivity contribution in [3.8, 4) is 11.6 Å². The van der Waals surface area contributed by atoms with Crippen LogP contribution < -0.4 is 15.8 Å². The van der Waals surface area contributed by atoms with Crippen molar-refractivity contribution in [2.24, 2.45) is 5.73 Å². The van der Waals surface area contributed by atoms with E-state index in [9.17, 15) is 9.18 Å². The highest BCUT2D eigenvalue weighted by Crippen LogP contribution is 2.19. The number of carbonyl (C=O) groups excluding carboxylic acids is 1. The van der Waals surface area contributed by atoms with Gasteiger partial charge in [-0.15, -0.1) is 0 Å². The Morgan fingerprint density at radius 2 is 2.22 bits per heavy atom. The Kier molecular flexibility index (Phi) is 6.05. The number of ether oxygens (including phenoxy) is 1. The molecule has 0 bridgehead atoms. The Balaban J connectivity index is 1.88. The molecular weight excluding hydrogens is 297 g/mol. The molecule has 5 nitrogen and oxygen atoms in total. The van der Waals surface area contributed by atoms with Crippen LogP contribution in [0.25, 0.3) is 0 Å². The van der Waals surface area contributed by atoms with Gasteiger partial charge in [-0.25, -0.2) is 9.37 Å². The maximum absolute atomic E-state index is 13.1. The van der Waals surface area contributed by atoms with E-state index < -0.39 is 6.04 Å². The van der Waals surface area contributed by atoms with Crippen LogP contribution in [0.15, 0.2) is 42.6 Å². The summed E-state index contributed by atoms with van der Waals surface area (Å²) in [5, 5.41) is 2.77. The van der Waals surface area contributed by atoms with Gasteiger partial charge >= 0.3 is 0 Å². The number of pyridine rings is 1. The minimum absolute atomic E-state index is 0.174. The molecule has 0 spiro atoms. The van der Waals surface area contributed by atoms with Crippen molar-refractivity contribution in [3.63, 3.8) is 0 Å². The first kappa shape index (κ1) is 16.9. The molecule has 1 aromatic carbocycles. The molecule has 0 aliphatic rings. The van der Waals surface area contributed by atoms with Crippen LogP contribution in [0, 0.1) is 5.82 Å². The average molecular weight is 317 g/mol. The van der Waals surface area contributed by atoms with Crippen LogP contribution >= 0.6 is 0 Å². The predicted octanol–water partition coefficient (Wildman–Crippen LogP) is 2.76. The lowest BCUT2D eigenvalue weighted by atomic mass is 10.1. The fourth-order valence-electron chi connectivity index (χ4n) is 1.99. The standard InChI is InChI=1S/C17H20FN3O2/c1-2-4-15(19)17(22)21-11-12-7-8-16(20-10-12)23-14-6-3-5-13(18)9-14/h3,5-10,15H,2,4,11,19H2,1H3,(H,21,22). The normalized spacial score (nSPS) is 11.8. The fraction of sp³-hybridized carbons (Fsp3) is 0.294. The lowest BCUT2D eigenvalue weighted by molar-refractivity contribution is -0.122. The number of nitrogens with zero attached hydrogens (tertiary/aromatic N) is 1. The predicted molar refractivity (Wildman–Crippen MR) is 85.4 cm³/mol. The van der Waals surface area contributed by atoms with Crippen molar-refractivity contribution < 1.29 is 13.9 Å². The van der Waals surface area contributed by atoms with Crippen molar-refractivity contribution in [3.05, 3.63) is 54.0 Å². The molecule has 23 heavy (non-hydrogen) atoms. The van der Waals surface area contributed by atoms with Crippen LogP contribution in [-0.2, 0) is 11.3 Å². The van der Waals surface area contributed by atoms with Crippen LogP contribution in [-0.4, -0.2) is 16.9 Å². The summed E-state index contributed by atoms with van der Waals surface area (Å²) in [4.78, 5) is 15.9. The lowest BCUT2D eigenvalue weighted by Crippen LogP contribution is -2.40. The second-order valence-electron chi connectivity index (χ2n) is 5.18. The maximum atomic E-state index is 13.1. The summed E-state index contributed by atoms with van der Waals surface area (Å²) in [5.74, 6) is 0.189. The Labute approximate surface area is 134 Å². The summed E-state index contributed by atoms with van der Waals surface area (Å²) in [6, 6.07) is 8.80. The maximum Gasteiger partial charge on any atom is 0.237 e. The SMILES string of the molecule is CCCC(N)C(=O)NCc1ccc(Oc2cccc(F)c2)nc1. The van der Waals surface area contributed by atoms with Gasteiger partial charge in [0.1, 0.15) is 11.6 Å². The number of benzene rings is 1. The van der Waals surface area contributed by atoms with E-state index in [0.717, 1.165) is 12.0 Å². The van der Waals surface area contributed by atoms with Gasteiger partial charge in [0.05, 0.1) is 6.04 Å². The van der Waals surface area contributed by atoms with Crippen LogP contribution in [0.2, 0.25) is 0 Å². The monoisotopic (exact) mass is 317 g/mol. The van der Waals surface area contributed by atoms with Crippen LogP contribution in [0.1, 0.15) is 25.3 Å². The van der Waals surface area contributed by atoms with Gasteiger partial charge in [0.2, 0.25) is 11.8 Å². The topological polar surface area (TPSA) is 77.2 Å². The first-order chi connectivity index (χ1) is 11.1. The van der Waals surface area contributed by atoms with Gasteiger partial charge in [-0.05, 0) is 24.1 Å². The minimum atomic E-state index is -0.483. The van der Waals surface area contributed by atoms with E-state index >= 15 is 0 Å². The summed E-state index contributed by atoms with van der Waals surface area (Å²) in [6.07, 6.45) is 3.12. The second kappa shape index (κ2) is 8.24. The zero-order valence-corrected chi connectivity index (χ0v) is 13.0. The molecule has 0 radical (unpaired) electrons. The highest BCUT2D eigenvalue weighted by atomic mass is 19.1. The number of aromatic nitrogens is 1. The Bertz CT molecular complexity index is 647. The van der Waals surface area contributed by atoms with Gasteiger partial charge < -0.3 is 15.8 Å². The van der Waals surface area contributed by atoms with Crippen LogP contribution in [0.4, 0.5) is 4.39 Å². The molecule has 0 aliphatic carbocycles. The minimum Gasteiger partial charge on any atom is -0.439 e. The quantitative estimate of drug-likeness (QED) is 0.823. The number of amides is 1. The van der Waals surface area contributed by atoms with E-state index in [2.05, 4.69) is 10.3 Å². The number of nitrogens with one attached hydrogen (secondary N) is 1. The van der Waals surface area contributed by atoms with Crippen LogP contribution in [0.3, 0.4) is 0 Å². The van der Waals surface area contributed by atoms with Gasteiger partial charge in [0.25, 0.3) is 0 Å². The van der Waals surface area contributed by atoms with Gasteiger partial charge in [-0.1, -0.05) is 25.5 Å². The molecule has 2 rings (SSSR count). The zero-order chi connectivity index (χ0) is 16.7. The summed E-state index contributed by atoms with van der Waals surface area (Å²) >= 11 is 0. The van der Waals surface area contributed by atoms with E-state index in [1.54, 1.807) is 30.5 Å². The number of halogens is 1. The van der Waals surface area contributed by atoms with Crippen LogP contribution in [0.5, 0.6) is 11.6 Å². The molecule has 1 atom stereocenters. The van der Waals surface area contributed by atoms with E-state index in [1.165, 1.54) is 12.1 Å². The molecule has 0 fully saturated rings. The van der Waals surface area contributed by atoms with E-state index in [-0.39, 0.29) is 11.7 Å². The molecule has 1 amide bonds. The third kappa shape index (κ3) is 5.34. The van der Waals surface area contributed by atoms with Gasteiger partial charge in [-0.3, -0.25) is 4.79 Å². The number of hydrogen-bond donors (Lipinski definition) is 2. The molecule has 1 heterocycles. The summed E-state index contributed by atoms with van der Waals surface area (Å²) < 4.78 is 18.5. The zero-order valence-electron chi connectivity index (χ0n) is 13.0. The molecule has 1 unspecified atom stereocenters. The van der Waals surface area contributed by atoms with Crippen molar-refractivity contribution in [2.75, 3.05) is 0 Å². The molecule has 2 aromatic rings. The smallest absolute Gasteiger partial charge is 0.237 e. The largest absolute Gasteiger partial charge is 0.439 e. The number of carbonyl (C=O) groups is 1. The highest BCUT2D eigenvalue weighted by molar-refractivity contribution is 5.81. The molecule has 0 saturated heterocycles. The van der Waals surface area contributed by atoms with Gasteiger partial charge in [0, 0.05) is 24.9 Å². The number of rotatable bonds is 7. The number of hydrogen-bond acceptors (Lipinski definition) is 4. The highest BCUT2D eigenvalue weighted by Gasteiger charge is 2.11. The van der Waals surface area contributed by atoms with Gasteiger partial charge in [0.15, 0.2) is 0 Å². The third-order valence-corrected chi connectivity index (χ3v) is 3.22. The van der Waals surface area contributed by atoms with E-state index in [1.807, 2.05) is 6.92 Å². The van der Waals surface area contributed by atoms with Crippen molar-refractivity contribution >= 4 is 5.91 Å². The summed E-state index contributed by atoms with van der Waals surface area (Å²) in [7, 11) is 0. The first-order valence-electron chi connectivity index (χ1n) is 7.50. The van der Waals surface area contributed by atoms with Crippen molar-refractivity contribution in [1.29, 1.82) is 0 Å². The summed E-state index contributed by atoms with van der Waals surface area (Å²) in [6.45, 7) is 2.33.